The molecule has 0 saturated carbocycles. The van der Waals surface area contributed by atoms with Gasteiger partial charge in [0.15, 0.2) is 0 Å². The first-order valence-electron chi connectivity index (χ1n) is 9.69. The molecule has 0 aliphatic carbocycles. The number of rotatable bonds is 1. The molecule has 1 aromatic heterocycles. The van der Waals surface area contributed by atoms with Crippen LogP contribution >= 0.6 is 15.9 Å². The molecule has 0 bridgehead atoms. The van der Waals surface area contributed by atoms with Crippen molar-refractivity contribution in [1.29, 1.82) is 0 Å². The van der Waals surface area contributed by atoms with Crippen LogP contribution in [0.2, 0.25) is 0 Å². The topological polar surface area (TPSA) is 12.9 Å². The predicted molar refractivity (Wildman–Crippen MR) is 127 cm³/mol. The van der Waals surface area contributed by atoms with Crippen LogP contribution in [0.4, 0.5) is 0 Å². The summed E-state index contributed by atoms with van der Waals surface area (Å²) in [7, 11) is 0. The van der Waals surface area contributed by atoms with Gasteiger partial charge in [0.1, 0.15) is 0 Å². The molecular weight excluding hydrogens is 418 g/mol. The van der Waals surface area contributed by atoms with Gasteiger partial charge >= 0.3 is 0 Å². The second-order valence-corrected chi connectivity index (χ2v) is 8.24. The Kier molecular flexibility index (Phi) is 3.68. The first kappa shape index (κ1) is 16.7. The maximum Gasteiger partial charge on any atom is 0.0800 e. The summed E-state index contributed by atoms with van der Waals surface area (Å²) < 4.78 is 1.07. The van der Waals surface area contributed by atoms with Crippen molar-refractivity contribution in [2.24, 2.45) is 0 Å². The fraction of sp³-hybridized carbons (Fsp3) is 0. The van der Waals surface area contributed by atoms with Gasteiger partial charge in [0.05, 0.1) is 11.2 Å². The Morgan fingerprint density at radius 3 is 1.62 bits per heavy atom. The summed E-state index contributed by atoms with van der Waals surface area (Å²) in [6.45, 7) is 0. The molecule has 0 aliphatic rings. The summed E-state index contributed by atoms with van der Waals surface area (Å²) in [5, 5.41) is 8.65. The van der Waals surface area contributed by atoms with Crippen LogP contribution in [0.1, 0.15) is 0 Å². The highest BCUT2D eigenvalue weighted by atomic mass is 79.9. The maximum absolute atomic E-state index is 5.27. The molecule has 0 spiro atoms. The van der Waals surface area contributed by atoms with E-state index in [1.165, 1.54) is 37.7 Å². The summed E-state index contributed by atoms with van der Waals surface area (Å²) in [6, 6.07) is 34.3. The van der Waals surface area contributed by atoms with E-state index in [0.29, 0.717) is 0 Å². The van der Waals surface area contributed by atoms with E-state index < -0.39 is 0 Å². The third-order valence-electron chi connectivity index (χ3n) is 5.70. The summed E-state index contributed by atoms with van der Waals surface area (Å²) in [6.07, 6.45) is 0. The summed E-state index contributed by atoms with van der Waals surface area (Å²) in [4.78, 5) is 5.27. The average Bonchev–Trinajstić information content (AvgIpc) is 2.79. The van der Waals surface area contributed by atoms with Gasteiger partial charge in [-0.1, -0.05) is 101 Å². The molecule has 0 aliphatic heterocycles. The number of pyridine rings is 1. The first-order valence-corrected chi connectivity index (χ1v) is 10.5. The minimum atomic E-state index is 1.03. The number of nitrogens with zero attached hydrogens (tertiary/aromatic N) is 1. The lowest BCUT2D eigenvalue weighted by molar-refractivity contribution is 1.44. The molecule has 0 amide bonds. The van der Waals surface area contributed by atoms with Crippen LogP contribution in [0.5, 0.6) is 0 Å². The van der Waals surface area contributed by atoms with Crippen molar-refractivity contribution in [2.45, 2.75) is 0 Å². The molecule has 0 fully saturated rings. The Hall–Kier alpha value is -3.23. The second-order valence-electron chi connectivity index (χ2n) is 7.33. The Balaban J connectivity index is 1.91. The standard InChI is InChI=1S/C27H16BrN/c28-18-15-13-17(14-16-18)26-24-12-6-4-10-22(24)25-21-9-3-1-7-19(21)20-8-2-5-11-23(20)27(25)29-26/h1-16H. The Morgan fingerprint density at radius 1 is 0.483 bits per heavy atom. The minimum Gasteiger partial charge on any atom is -0.246 e. The lowest BCUT2D eigenvalue weighted by Gasteiger charge is -2.15. The molecule has 6 rings (SSSR count). The van der Waals surface area contributed by atoms with Crippen LogP contribution in [0, 0.1) is 0 Å². The third kappa shape index (κ3) is 2.49. The van der Waals surface area contributed by atoms with Crippen LogP contribution < -0.4 is 0 Å². The highest BCUT2D eigenvalue weighted by molar-refractivity contribution is 9.10. The van der Waals surface area contributed by atoms with Crippen molar-refractivity contribution in [3.63, 3.8) is 0 Å². The van der Waals surface area contributed by atoms with Gasteiger partial charge in [0, 0.05) is 26.2 Å². The summed E-state index contributed by atoms with van der Waals surface area (Å²) in [5.74, 6) is 0. The van der Waals surface area contributed by atoms with E-state index in [1.54, 1.807) is 0 Å². The number of halogens is 1. The van der Waals surface area contributed by atoms with E-state index in [9.17, 15) is 0 Å². The summed E-state index contributed by atoms with van der Waals surface area (Å²) in [5.41, 5.74) is 3.22. The van der Waals surface area contributed by atoms with Gasteiger partial charge in [-0.15, -0.1) is 0 Å². The monoisotopic (exact) mass is 433 g/mol. The Morgan fingerprint density at radius 2 is 0.966 bits per heavy atom. The van der Waals surface area contributed by atoms with E-state index >= 15 is 0 Å². The van der Waals surface area contributed by atoms with E-state index in [4.69, 9.17) is 4.98 Å². The molecule has 1 nitrogen and oxygen atoms in total. The molecule has 0 atom stereocenters. The first-order chi connectivity index (χ1) is 14.3. The molecular formula is C27H16BrN. The molecule has 0 unspecified atom stereocenters. The molecule has 2 heteroatoms. The predicted octanol–water partition coefficient (Wildman–Crippen LogP) is 8.12. The molecule has 29 heavy (non-hydrogen) atoms. The fourth-order valence-electron chi connectivity index (χ4n) is 4.42. The van der Waals surface area contributed by atoms with Crippen molar-refractivity contribution >= 4 is 59.2 Å². The zero-order chi connectivity index (χ0) is 19.4. The fourth-order valence-corrected chi connectivity index (χ4v) is 4.68. The quantitative estimate of drug-likeness (QED) is 0.238. The van der Waals surface area contributed by atoms with Gasteiger partial charge < -0.3 is 0 Å². The van der Waals surface area contributed by atoms with Gasteiger partial charge in [-0.05, 0) is 33.7 Å². The van der Waals surface area contributed by atoms with E-state index in [-0.39, 0.29) is 0 Å². The summed E-state index contributed by atoms with van der Waals surface area (Å²) >= 11 is 3.55. The van der Waals surface area contributed by atoms with Gasteiger partial charge in [0.2, 0.25) is 0 Å². The van der Waals surface area contributed by atoms with Crippen LogP contribution in [0.3, 0.4) is 0 Å². The number of fused-ring (bicyclic) bond motifs is 8. The maximum atomic E-state index is 5.27. The third-order valence-corrected chi connectivity index (χ3v) is 6.23. The number of hydrogen-bond donors (Lipinski definition) is 0. The van der Waals surface area contributed by atoms with Crippen molar-refractivity contribution in [1.82, 2.24) is 4.98 Å². The van der Waals surface area contributed by atoms with Crippen LogP contribution in [0.15, 0.2) is 102 Å². The van der Waals surface area contributed by atoms with E-state index in [2.05, 4.69) is 113 Å². The van der Waals surface area contributed by atoms with Crippen molar-refractivity contribution in [3.05, 3.63) is 102 Å². The highest BCUT2D eigenvalue weighted by Crippen LogP contribution is 2.40. The molecule has 136 valence electrons. The van der Waals surface area contributed by atoms with Gasteiger partial charge in [-0.2, -0.15) is 0 Å². The second kappa shape index (κ2) is 6.40. The molecule has 6 aromatic rings. The van der Waals surface area contributed by atoms with Crippen LogP contribution in [0.25, 0.3) is 54.5 Å². The normalized spacial score (nSPS) is 11.6. The largest absolute Gasteiger partial charge is 0.246 e. The van der Waals surface area contributed by atoms with E-state index in [0.717, 1.165) is 21.2 Å². The number of benzene rings is 5. The minimum absolute atomic E-state index is 1.03. The van der Waals surface area contributed by atoms with Crippen molar-refractivity contribution in [3.8, 4) is 11.3 Å². The number of hydrogen-bond acceptors (Lipinski definition) is 1. The Labute approximate surface area is 176 Å². The van der Waals surface area contributed by atoms with Crippen molar-refractivity contribution < 1.29 is 0 Å². The van der Waals surface area contributed by atoms with Gasteiger partial charge in [0.25, 0.3) is 0 Å². The zero-order valence-electron chi connectivity index (χ0n) is 15.6. The van der Waals surface area contributed by atoms with E-state index in [1.807, 2.05) is 0 Å². The smallest absolute Gasteiger partial charge is 0.0800 e. The molecule has 0 N–H and O–H groups in total. The van der Waals surface area contributed by atoms with Gasteiger partial charge in [-0.3, -0.25) is 0 Å². The molecule has 0 radical (unpaired) electrons. The highest BCUT2D eigenvalue weighted by Gasteiger charge is 2.15. The lowest BCUT2D eigenvalue weighted by Crippen LogP contribution is -1.92. The van der Waals surface area contributed by atoms with Crippen molar-refractivity contribution in [2.75, 3.05) is 0 Å². The SMILES string of the molecule is Brc1ccc(-c2nc3c4ccccc4c4ccccc4c3c3ccccc23)cc1. The van der Waals surface area contributed by atoms with Crippen LogP contribution in [-0.2, 0) is 0 Å². The Bertz CT molecular complexity index is 1550. The van der Waals surface area contributed by atoms with Gasteiger partial charge in [-0.25, -0.2) is 4.98 Å². The van der Waals surface area contributed by atoms with Crippen LogP contribution in [-0.4, -0.2) is 4.98 Å². The number of aromatic nitrogens is 1. The molecule has 0 saturated heterocycles. The average molecular weight is 434 g/mol. The lowest BCUT2D eigenvalue weighted by atomic mass is 9.92. The zero-order valence-corrected chi connectivity index (χ0v) is 17.1. The molecule has 5 aromatic carbocycles. The molecule has 1 heterocycles.